The lowest BCUT2D eigenvalue weighted by Crippen LogP contribution is -2.74. The molecule has 0 spiro atoms. The van der Waals surface area contributed by atoms with Crippen molar-refractivity contribution in [2.75, 3.05) is 19.1 Å². The molecule has 1 heterocycles. The molecule has 12 heteroatoms. The topological polar surface area (TPSA) is 152 Å². The van der Waals surface area contributed by atoms with Crippen LogP contribution in [0.1, 0.15) is 81.1 Å². The summed E-state index contributed by atoms with van der Waals surface area (Å²) in [4.78, 5) is 63.5. The molecule has 3 rings (SSSR count). The number of ether oxygens (including phenoxy) is 5. The summed E-state index contributed by atoms with van der Waals surface area (Å²) in [6.07, 6.45) is 2.30. The van der Waals surface area contributed by atoms with Crippen LogP contribution in [0.5, 0.6) is 0 Å². The second kappa shape index (κ2) is 14.7. The van der Waals surface area contributed by atoms with E-state index in [1.165, 1.54) is 19.9 Å². The van der Waals surface area contributed by atoms with Gasteiger partial charge in [-0.25, -0.2) is 14.4 Å². The van der Waals surface area contributed by atoms with Gasteiger partial charge in [-0.05, 0) is 64.7 Å². The fourth-order valence-corrected chi connectivity index (χ4v) is 7.85. The Morgan fingerprint density at radius 1 is 1.07 bits per heavy atom. The van der Waals surface area contributed by atoms with E-state index in [9.17, 15) is 29.1 Å². The van der Waals surface area contributed by atoms with E-state index >= 15 is 0 Å². The van der Waals surface area contributed by atoms with Crippen LogP contribution < -0.4 is 0 Å². The fourth-order valence-electron chi connectivity index (χ4n) is 7.47. The van der Waals surface area contributed by atoms with Gasteiger partial charge in [0.15, 0.2) is 0 Å². The number of aliphatic hydroxyl groups is 1. The minimum Gasteiger partial charge on any atom is -0.465 e. The van der Waals surface area contributed by atoms with Crippen LogP contribution in [0.3, 0.4) is 0 Å². The zero-order valence-electron chi connectivity index (χ0n) is 28.0. The smallest absolute Gasteiger partial charge is 0.333 e. The van der Waals surface area contributed by atoms with Gasteiger partial charge in [-0.15, -0.1) is 11.6 Å². The number of cyclic esters (lactones) is 1. The lowest BCUT2D eigenvalue weighted by atomic mass is 9.41. The molecule has 0 amide bonds. The summed E-state index contributed by atoms with van der Waals surface area (Å²) in [5, 5.41) is 12.4. The highest BCUT2D eigenvalue weighted by molar-refractivity contribution is 6.18. The maximum atomic E-state index is 13.3. The molecule has 0 radical (unpaired) electrons. The van der Waals surface area contributed by atoms with Crippen molar-refractivity contribution in [1.82, 2.24) is 0 Å². The number of alkyl halides is 1. The zero-order chi connectivity index (χ0) is 34.6. The van der Waals surface area contributed by atoms with Gasteiger partial charge in [-0.1, -0.05) is 26.0 Å². The number of carbonyl (C=O) groups is 5. The molecular formula is C34H47ClO11. The van der Waals surface area contributed by atoms with Crippen molar-refractivity contribution < 1.29 is 52.8 Å². The molecule has 0 unspecified atom stereocenters. The number of halogens is 1. The van der Waals surface area contributed by atoms with E-state index < -0.39 is 70.5 Å². The van der Waals surface area contributed by atoms with Crippen LogP contribution in [0.25, 0.3) is 0 Å². The third-order valence-electron chi connectivity index (χ3n) is 10.4. The zero-order valence-corrected chi connectivity index (χ0v) is 28.7. The van der Waals surface area contributed by atoms with E-state index in [2.05, 4.69) is 0 Å². The molecule has 2 aliphatic carbocycles. The fraction of sp³-hybridized carbons (Fsp3) is 0.676. The number of rotatable bonds is 11. The van der Waals surface area contributed by atoms with Crippen molar-refractivity contribution in [3.63, 3.8) is 0 Å². The van der Waals surface area contributed by atoms with Crippen LogP contribution in [-0.4, -0.2) is 78.0 Å². The van der Waals surface area contributed by atoms with Crippen LogP contribution in [0.4, 0.5) is 0 Å². The maximum absolute atomic E-state index is 13.3. The van der Waals surface area contributed by atoms with Crippen molar-refractivity contribution in [1.29, 1.82) is 0 Å². The number of carbonyl (C=O) groups excluding carboxylic acids is 5. The summed E-state index contributed by atoms with van der Waals surface area (Å²) in [5.74, 6) is -4.41. The summed E-state index contributed by atoms with van der Waals surface area (Å²) in [6, 6.07) is 0. The van der Waals surface area contributed by atoms with Crippen LogP contribution in [0.2, 0.25) is 0 Å². The van der Waals surface area contributed by atoms with Gasteiger partial charge in [0, 0.05) is 42.6 Å². The predicted molar refractivity (Wildman–Crippen MR) is 167 cm³/mol. The third-order valence-corrected chi connectivity index (χ3v) is 10.8. The number of allylic oxidation sites excluding steroid dienone is 2. The minimum atomic E-state index is -1.74. The van der Waals surface area contributed by atoms with E-state index in [1.54, 1.807) is 39.8 Å². The first kappa shape index (κ1) is 37.3. The molecule has 0 aromatic rings. The van der Waals surface area contributed by atoms with Crippen LogP contribution in [-0.2, 0) is 47.7 Å². The highest BCUT2D eigenvalue weighted by Gasteiger charge is 2.73. The van der Waals surface area contributed by atoms with E-state index in [1.807, 2.05) is 13.8 Å². The lowest BCUT2D eigenvalue weighted by Gasteiger charge is -2.67. The summed E-state index contributed by atoms with van der Waals surface area (Å²) >= 11 is 6.56. The average molecular weight is 667 g/mol. The van der Waals surface area contributed by atoms with Crippen LogP contribution in [0, 0.1) is 22.7 Å². The molecule has 2 fully saturated rings. The highest BCUT2D eigenvalue weighted by Crippen LogP contribution is 2.66. The molecule has 256 valence electrons. The van der Waals surface area contributed by atoms with E-state index in [0.717, 1.165) is 0 Å². The first-order chi connectivity index (χ1) is 21.5. The lowest BCUT2D eigenvalue weighted by molar-refractivity contribution is -0.293. The number of hydrogen-bond donors (Lipinski definition) is 1. The van der Waals surface area contributed by atoms with Crippen molar-refractivity contribution in [3.8, 4) is 0 Å². The van der Waals surface area contributed by atoms with Crippen LogP contribution in [0.15, 0.2) is 34.9 Å². The van der Waals surface area contributed by atoms with E-state index in [4.69, 9.17) is 35.3 Å². The average Bonchev–Trinajstić information content (AvgIpc) is 3.44. The number of hydrogen-bond acceptors (Lipinski definition) is 11. The van der Waals surface area contributed by atoms with Gasteiger partial charge in [0.1, 0.15) is 31.5 Å². The van der Waals surface area contributed by atoms with Crippen molar-refractivity contribution in [3.05, 3.63) is 34.9 Å². The quantitative estimate of drug-likeness (QED) is 0.143. The molecule has 1 N–H and O–H groups in total. The normalized spacial score (nSPS) is 33.6. The number of fused-ring (bicyclic) bond motifs is 1. The standard InChI is InChI=1S/C34H47ClO11/c1-9-19(3)30(39)45-25-11-12-33(41,17-35)34(18-43-22(6)36)27(44-23(7)37)13-21(5)32(8,29(25)34)15-26(24-14-28(38)42-16-24)46-31(40)20(4)10-2/h9-10,14,21,25-27,29,41H,11-13,15-18H2,1-8H3/b19-9+,20-10+/t21-,25-,26+,27+,29-,32+,33+,34+/m1/s1. The van der Waals surface area contributed by atoms with Gasteiger partial charge in [0.2, 0.25) is 0 Å². The van der Waals surface area contributed by atoms with Gasteiger partial charge in [0.25, 0.3) is 0 Å². The van der Waals surface area contributed by atoms with Gasteiger partial charge in [-0.3, -0.25) is 9.59 Å². The van der Waals surface area contributed by atoms with Crippen molar-refractivity contribution in [2.45, 2.75) is 105 Å². The van der Waals surface area contributed by atoms with Gasteiger partial charge in [0.05, 0.1) is 16.9 Å². The van der Waals surface area contributed by atoms with Gasteiger partial charge >= 0.3 is 29.8 Å². The Hall–Kier alpha value is -3.18. The summed E-state index contributed by atoms with van der Waals surface area (Å²) < 4.78 is 29.0. The molecule has 1 aliphatic heterocycles. The largest absolute Gasteiger partial charge is 0.465 e. The van der Waals surface area contributed by atoms with E-state index in [0.29, 0.717) is 16.7 Å². The molecule has 0 bridgehead atoms. The third kappa shape index (κ3) is 7.20. The van der Waals surface area contributed by atoms with E-state index in [-0.39, 0.29) is 50.7 Å². The Morgan fingerprint density at radius 2 is 1.70 bits per heavy atom. The second-order valence-electron chi connectivity index (χ2n) is 13.1. The predicted octanol–water partition coefficient (Wildman–Crippen LogP) is 4.52. The second-order valence-corrected chi connectivity index (χ2v) is 13.3. The monoisotopic (exact) mass is 666 g/mol. The molecule has 8 atom stereocenters. The Balaban J connectivity index is 2.33. The summed E-state index contributed by atoms with van der Waals surface area (Å²) in [6.45, 7) is 12.5. The molecule has 0 aromatic carbocycles. The Morgan fingerprint density at radius 3 is 2.22 bits per heavy atom. The molecule has 0 aromatic heterocycles. The first-order valence-corrected chi connectivity index (χ1v) is 16.2. The molecule has 11 nitrogen and oxygen atoms in total. The Labute approximate surface area is 275 Å². The molecular weight excluding hydrogens is 620 g/mol. The molecule has 3 aliphatic rings. The van der Waals surface area contributed by atoms with Crippen molar-refractivity contribution in [2.24, 2.45) is 22.7 Å². The summed E-state index contributed by atoms with van der Waals surface area (Å²) in [7, 11) is 0. The maximum Gasteiger partial charge on any atom is 0.333 e. The molecule has 0 saturated heterocycles. The van der Waals surface area contributed by atoms with Gasteiger partial charge in [-0.2, -0.15) is 0 Å². The highest BCUT2D eigenvalue weighted by atomic mass is 35.5. The van der Waals surface area contributed by atoms with Crippen molar-refractivity contribution >= 4 is 41.4 Å². The van der Waals surface area contributed by atoms with Crippen LogP contribution >= 0.6 is 11.6 Å². The molecule has 2 saturated carbocycles. The Bertz CT molecular complexity index is 1320. The van der Waals surface area contributed by atoms with Gasteiger partial charge < -0.3 is 28.8 Å². The minimum absolute atomic E-state index is 0.0513. The number of esters is 5. The molecule has 46 heavy (non-hydrogen) atoms. The Kier molecular flexibility index (Phi) is 11.9. The first-order valence-electron chi connectivity index (χ1n) is 15.6. The SMILES string of the molecule is C/C=C(\C)C(=O)O[C@@H](C[C@@]1(C)[C@H](C)C[C@H](OC(C)=O)[C@@]2(COC(C)=O)[C@@H]1[C@H](OC(=O)/C(C)=C/C)CC[C@]2(O)CCl)C1=CC(=O)OC1. The summed E-state index contributed by atoms with van der Waals surface area (Å²) in [5.41, 5.74) is -3.08.